The van der Waals surface area contributed by atoms with Crippen molar-refractivity contribution in [3.05, 3.63) is 95.0 Å². The van der Waals surface area contributed by atoms with Crippen LogP contribution in [0.1, 0.15) is 36.1 Å². The number of halogens is 1. The molecule has 0 saturated carbocycles. The molecule has 0 aliphatic heterocycles. The molecule has 0 radical (unpaired) electrons. The van der Waals surface area contributed by atoms with Crippen molar-refractivity contribution in [3.8, 4) is 0 Å². The van der Waals surface area contributed by atoms with Crippen LogP contribution in [0.15, 0.2) is 77.5 Å². The van der Waals surface area contributed by atoms with Crippen LogP contribution >= 0.6 is 11.6 Å². The highest BCUT2D eigenvalue weighted by Gasteiger charge is 2.23. The molecule has 4 aromatic rings. The number of fused-ring (bicyclic) bond motifs is 1. The Hall–Kier alpha value is -2.98. The summed E-state index contributed by atoms with van der Waals surface area (Å²) in [6.07, 6.45) is 4.10. The van der Waals surface area contributed by atoms with Crippen molar-refractivity contribution in [1.29, 1.82) is 0 Å². The number of para-hydroxylation sites is 1. The summed E-state index contributed by atoms with van der Waals surface area (Å²) in [5.41, 5.74) is 3.34. The maximum absolute atomic E-state index is 12.8. The van der Waals surface area contributed by atoms with Crippen molar-refractivity contribution in [3.63, 3.8) is 0 Å². The zero-order valence-electron chi connectivity index (χ0n) is 16.3. The Morgan fingerprint density at radius 1 is 1.14 bits per heavy atom. The Morgan fingerprint density at radius 3 is 2.76 bits per heavy atom. The Morgan fingerprint density at radius 2 is 2.00 bits per heavy atom. The normalized spacial score (nSPS) is 12.2. The standard InChI is InChI=1S/C24H23ClN2O2/c1-2-27-16-22(20-10-3-4-11-23(20)27)21(17-7-5-8-18(25)13-17)14-24(28)26-15-19-9-6-12-29-19/h3-13,16,21H,2,14-15H2,1H3,(H,26,28). The van der Waals surface area contributed by atoms with E-state index in [0.29, 0.717) is 18.0 Å². The highest BCUT2D eigenvalue weighted by atomic mass is 35.5. The third-order valence-corrected chi connectivity index (χ3v) is 5.45. The summed E-state index contributed by atoms with van der Waals surface area (Å²) in [6, 6.07) is 19.8. The first kappa shape index (κ1) is 19.3. The van der Waals surface area contributed by atoms with Gasteiger partial charge in [0.25, 0.3) is 0 Å². The number of rotatable bonds is 7. The van der Waals surface area contributed by atoms with Gasteiger partial charge < -0.3 is 14.3 Å². The van der Waals surface area contributed by atoms with Gasteiger partial charge in [-0.1, -0.05) is 41.9 Å². The first-order valence-corrected chi connectivity index (χ1v) is 10.2. The van der Waals surface area contributed by atoms with Gasteiger partial charge >= 0.3 is 0 Å². The van der Waals surface area contributed by atoms with Crippen LogP contribution in [-0.2, 0) is 17.9 Å². The second-order valence-corrected chi connectivity index (χ2v) is 7.49. The van der Waals surface area contributed by atoms with Crippen LogP contribution in [-0.4, -0.2) is 10.5 Å². The molecule has 2 aromatic heterocycles. The number of nitrogens with one attached hydrogen (secondary N) is 1. The maximum atomic E-state index is 12.8. The Bertz CT molecular complexity index is 1120. The van der Waals surface area contributed by atoms with Crippen LogP contribution in [0.2, 0.25) is 5.02 Å². The smallest absolute Gasteiger partial charge is 0.221 e. The summed E-state index contributed by atoms with van der Waals surface area (Å²) in [5, 5.41) is 4.80. The lowest BCUT2D eigenvalue weighted by Crippen LogP contribution is -2.24. The monoisotopic (exact) mass is 406 g/mol. The SMILES string of the molecule is CCn1cc(C(CC(=O)NCc2ccco2)c2cccc(Cl)c2)c2ccccc21. The van der Waals surface area contributed by atoms with Gasteiger partial charge in [0, 0.05) is 41.0 Å². The fraction of sp³-hybridized carbons (Fsp3) is 0.208. The molecule has 29 heavy (non-hydrogen) atoms. The minimum atomic E-state index is -0.0944. The second kappa shape index (κ2) is 8.58. The lowest BCUT2D eigenvalue weighted by molar-refractivity contribution is -0.121. The maximum Gasteiger partial charge on any atom is 0.221 e. The summed E-state index contributed by atoms with van der Waals surface area (Å²) in [7, 11) is 0. The second-order valence-electron chi connectivity index (χ2n) is 7.06. The number of carbonyl (C=O) groups is 1. The van der Waals surface area contributed by atoms with E-state index in [1.54, 1.807) is 6.26 Å². The van der Waals surface area contributed by atoms with Crippen molar-refractivity contribution in [2.75, 3.05) is 0 Å². The molecule has 0 saturated heterocycles. The van der Waals surface area contributed by atoms with E-state index in [1.807, 2.05) is 48.5 Å². The summed E-state index contributed by atoms with van der Waals surface area (Å²) in [6.45, 7) is 3.37. The Balaban J connectivity index is 1.69. The predicted molar refractivity (Wildman–Crippen MR) is 116 cm³/mol. The fourth-order valence-electron chi connectivity index (χ4n) is 3.80. The minimum Gasteiger partial charge on any atom is -0.467 e. The molecule has 1 atom stereocenters. The molecule has 148 valence electrons. The number of furan rings is 1. The van der Waals surface area contributed by atoms with E-state index < -0.39 is 0 Å². The van der Waals surface area contributed by atoms with Crippen LogP contribution < -0.4 is 5.32 Å². The summed E-state index contributed by atoms with van der Waals surface area (Å²) >= 11 is 6.27. The molecule has 0 bridgehead atoms. The number of aromatic nitrogens is 1. The highest BCUT2D eigenvalue weighted by molar-refractivity contribution is 6.30. The number of hydrogen-bond acceptors (Lipinski definition) is 2. The number of aryl methyl sites for hydroxylation is 1. The molecule has 0 fully saturated rings. The molecule has 1 N–H and O–H groups in total. The van der Waals surface area contributed by atoms with Gasteiger partial charge in [-0.15, -0.1) is 0 Å². The largest absolute Gasteiger partial charge is 0.467 e. The van der Waals surface area contributed by atoms with Gasteiger partial charge in [0.2, 0.25) is 5.91 Å². The molecule has 2 aromatic carbocycles. The van der Waals surface area contributed by atoms with Crippen LogP contribution in [0.5, 0.6) is 0 Å². The molecule has 4 rings (SSSR count). The lowest BCUT2D eigenvalue weighted by Gasteiger charge is -2.17. The first-order chi connectivity index (χ1) is 14.2. The molecule has 0 aliphatic rings. The van der Waals surface area contributed by atoms with Gasteiger partial charge in [0.05, 0.1) is 12.8 Å². The van der Waals surface area contributed by atoms with E-state index in [0.717, 1.165) is 28.8 Å². The highest BCUT2D eigenvalue weighted by Crippen LogP contribution is 2.35. The number of benzene rings is 2. The quantitative estimate of drug-likeness (QED) is 0.425. The van der Waals surface area contributed by atoms with Crippen molar-refractivity contribution in [2.45, 2.75) is 32.4 Å². The average molecular weight is 407 g/mol. The Labute approximate surface area is 175 Å². The molecule has 5 heteroatoms. The van der Waals surface area contributed by atoms with Gasteiger partial charge in [-0.05, 0) is 48.4 Å². The molecule has 2 heterocycles. The van der Waals surface area contributed by atoms with Gasteiger partial charge in [0.15, 0.2) is 0 Å². The summed E-state index contributed by atoms with van der Waals surface area (Å²) in [4.78, 5) is 12.8. The third kappa shape index (κ3) is 4.22. The molecule has 4 nitrogen and oxygen atoms in total. The van der Waals surface area contributed by atoms with Gasteiger partial charge in [0.1, 0.15) is 5.76 Å². The third-order valence-electron chi connectivity index (χ3n) is 5.22. The molecular formula is C24H23ClN2O2. The molecule has 0 spiro atoms. The number of nitrogens with zero attached hydrogens (tertiary/aromatic N) is 1. The number of amides is 1. The van der Waals surface area contributed by atoms with Gasteiger partial charge in [-0.25, -0.2) is 0 Å². The molecule has 1 unspecified atom stereocenters. The molecule has 0 aliphatic carbocycles. The van der Waals surface area contributed by atoms with Crippen molar-refractivity contribution < 1.29 is 9.21 Å². The van der Waals surface area contributed by atoms with Crippen molar-refractivity contribution in [2.24, 2.45) is 0 Å². The zero-order chi connectivity index (χ0) is 20.2. The fourth-order valence-corrected chi connectivity index (χ4v) is 4.00. The lowest BCUT2D eigenvalue weighted by atomic mass is 9.88. The molecular weight excluding hydrogens is 384 g/mol. The topological polar surface area (TPSA) is 47.2 Å². The van der Waals surface area contributed by atoms with E-state index in [2.05, 4.69) is 35.1 Å². The van der Waals surface area contributed by atoms with Crippen LogP contribution in [0.4, 0.5) is 0 Å². The van der Waals surface area contributed by atoms with Gasteiger partial charge in [-0.2, -0.15) is 0 Å². The van der Waals surface area contributed by atoms with Crippen LogP contribution in [0.25, 0.3) is 10.9 Å². The Kier molecular flexibility index (Phi) is 5.72. The van der Waals surface area contributed by atoms with E-state index in [9.17, 15) is 4.79 Å². The zero-order valence-corrected chi connectivity index (χ0v) is 17.0. The van der Waals surface area contributed by atoms with E-state index in [-0.39, 0.29) is 11.8 Å². The summed E-state index contributed by atoms with van der Waals surface area (Å²) in [5.74, 6) is 0.614. The predicted octanol–water partition coefficient (Wildman–Crippen LogP) is 5.75. The number of carbonyl (C=O) groups excluding carboxylic acids is 1. The van der Waals surface area contributed by atoms with Crippen molar-refractivity contribution in [1.82, 2.24) is 9.88 Å². The van der Waals surface area contributed by atoms with E-state index in [4.69, 9.17) is 16.0 Å². The average Bonchev–Trinajstić information content (AvgIpc) is 3.38. The van der Waals surface area contributed by atoms with Crippen molar-refractivity contribution >= 4 is 28.4 Å². The van der Waals surface area contributed by atoms with Gasteiger partial charge in [-0.3, -0.25) is 4.79 Å². The summed E-state index contributed by atoms with van der Waals surface area (Å²) < 4.78 is 7.54. The van der Waals surface area contributed by atoms with E-state index in [1.165, 1.54) is 5.52 Å². The first-order valence-electron chi connectivity index (χ1n) is 9.78. The molecule has 1 amide bonds. The number of hydrogen-bond donors (Lipinski definition) is 1. The van der Waals surface area contributed by atoms with E-state index >= 15 is 0 Å². The van der Waals surface area contributed by atoms with Crippen LogP contribution in [0, 0.1) is 0 Å². The van der Waals surface area contributed by atoms with Crippen LogP contribution in [0.3, 0.4) is 0 Å². The minimum absolute atomic E-state index is 0.0281.